The molecular formula is C24H15Cl5F2N2O2. The summed E-state index contributed by atoms with van der Waals surface area (Å²) in [6.45, 7) is 0. The second-order valence-corrected chi connectivity index (χ2v) is 10.8. The van der Waals surface area contributed by atoms with Crippen molar-refractivity contribution >= 4 is 81.1 Å². The van der Waals surface area contributed by atoms with Crippen molar-refractivity contribution in [2.24, 2.45) is 5.92 Å². The number of alkyl halides is 2. The van der Waals surface area contributed by atoms with E-state index in [1.165, 1.54) is 18.2 Å². The van der Waals surface area contributed by atoms with Crippen molar-refractivity contribution in [2.45, 2.75) is 16.7 Å². The maximum absolute atomic E-state index is 14.1. The first-order valence-corrected chi connectivity index (χ1v) is 12.0. The molecule has 0 radical (unpaired) electrons. The van der Waals surface area contributed by atoms with Crippen molar-refractivity contribution < 1.29 is 18.4 Å². The first-order valence-electron chi connectivity index (χ1n) is 10.1. The summed E-state index contributed by atoms with van der Waals surface area (Å²) < 4.78 is 26.5. The molecule has 1 aliphatic rings. The molecule has 0 saturated heterocycles. The Balaban J connectivity index is 1.52. The third-order valence-electron chi connectivity index (χ3n) is 5.63. The van der Waals surface area contributed by atoms with Gasteiger partial charge in [0.2, 0.25) is 5.91 Å². The summed E-state index contributed by atoms with van der Waals surface area (Å²) in [7, 11) is 0. The lowest BCUT2D eigenvalue weighted by molar-refractivity contribution is -0.117. The van der Waals surface area contributed by atoms with Crippen LogP contribution in [-0.4, -0.2) is 16.0 Å². The second-order valence-electron chi connectivity index (χ2n) is 8.08. The van der Waals surface area contributed by atoms with Crippen LogP contribution in [0.2, 0.25) is 15.1 Å². The van der Waals surface area contributed by atoms with E-state index in [4.69, 9.17) is 63.7 Å². The molecule has 4 rings (SSSR count). The highest BCUT2D eigenvalue weighted by molar-refractivity contribution is 6.53. The van der Waals surface area contributed by atoms with Gasteiger partial charge in [-0.05, 0) is 53.6 Å². The number of benzene rings is 3. The molecular weight excluding hydrogens is 564 g/mol. The van der Waals surface area contributed by atoms with E-state index in [-0.39, 0.29) is 27.5 Å². The third-order valence-corrected chi connectivity index (χ3v) is 7.34. The van der Waals surface area contributed by atoms with E-state index in [2.05, 4.69) is 5.32 Å². The normalized spacial score (nSPS) is 18.3. The molecule has 0 bridgehead atoms. The molecule has 3 aromatic carbocycles. The molecule has 2 atom stereocenters. The number of carbonyl (C=O) groups excluding carboxylic acids is 2. The molecule has 0 aliphatic heterocycles. The van der Waals surface area contributed by atoms with Crippen LogP contribution in [0.4, 0.5) is 20.2 Å². The van der Waals surface area contributed by atoms with Crippen LogP contribution in [0.5, 0.6) is 0 Å². The van der Waals surface area contributed by atoms with Crippen LogP contribution in [0.1, 0.15) is 27.4 Å². The number of nitrogens with two attached hydrogens (primary N) is 1. The van der Waals surface area contributed by atoms with Gasteiger partial charge in [0, 0.05) is 39.7 Å². The predicted molar refractivity (Wildman–Crippen MR) is 136 cm³/mol. The van der Waals surface area contributed by atoms with Crippen LogP contribution in [0.3, 0.4) is 0 Å². The van der Waals surface area contributed by atoms with Crippen molar-refractivity contribution in [2.75, 3.05) is 11.1 Å². The number of anilines is 2. The van der Waals surface area contributed by atoms with Crippen LogP contribution in [0.15, 0.2) is 48.5 Å². The maximum Gasteiger partial charge on any atom is 0.231 e. The van der Waals surface area contributed by atoms with E-state index in [0.717, 1.165) is 12.1 Å². The van der Waals surface area contributed by atoms with Crippen molar-refractivity contribution in [3.63, 3.8) is 0 Å². The summed E-state index contributed by atoms with van der Waals surface area (Å²) in [6, 6.07) is 10.7. The highest BCUT2D eigenvalue weighted by Crippen LogP contribution is 2.65. The average molecular weight is 579 g/mol. The van der Waals surface area contributed by atoms with Crippen molar-refractivity contribution in [1.29, 1.82) is 0 Å². The molecule has 0 heterocycles. The fourth-order valence-corrected chi connectivity index (χ4v) is 5.46. The van der Waals surface area contributed by atoms with Gasteiger partial charge in [-0.15, -0.1) is 23.2 Å². The van der Waals surface area contributed by atoms with Gasteiger partial charge in [0.15, 0.2) is 5.78 Å². The summed E-state index contributed by atoms with van der Waals surface area (Å²) in [5.41, 5.74) is 5.66. The lowest BCUT2D eigenvalue weighted by Crippen LogP contribution is -2.17. The first-order chi connectivity index (χ1) is 16.4. The number of Topliss-reactive ketones (excluding diaryl/α,β-unsaturated/α-hetero) is 1. The lowest BCUT2D eigenvalue weighted by atomic mass is 10.0. The SMILES string of the molecule is Nc1cc(F)c(CC(=O)c2cc(NC(=O)[C@H]3[C@H](c4cc(Cl)cc(Cl)c4)C3(Cl)Cl)ccc2Cl)cc1F. The van der Waals surface area contributed by atoms with Crippen molar-refractivity contribution in [3.05, 3.63) is 91.9 Å². The number of carbonyl (C=O) groups is 2. The highest BCUT2D eigenvalue weighted by Gasteiger charge is 2.67. The molecule has 1 amide bonds. The van der Waals surface area contributed by atoms with Crippen molar-refractivity contribution in [3.8, 4) is 0 Å². The number of rotatable bonds is 6. The first kappa shape index (κ1) is 26.0. The van der Waals surface area contributed by atoms with Gasteiger partial charge in [0.1, 0.15) is 16.0 Å². The molecule has 11 heteroatoms. The van der Waals surface area contributed by atoms with Crippen LogP contribution in [0.25, 0.3) is 0 Å². The highest BCUT2D eigenvalue weighted by atomic mass is 35.5. The average Bonchev–Trinajstić information content (AvgIpc) is 3.34. The molecule has 1 saturated carbocycles. The molecule has 182 valence electrons. The second kappa shape index (κ2) is 9.75. The molecule has 0 unspecified atom stereocenters. The van der Waals surface area contributed by atoms with Crippen LogP contribution in [0, 0.1) is 17.6 Å². The lowest BCUT2D eigenvalue weighted by Gasteiger charge is -2.10. The molecule has 3 N–H and O–H groups in total. The number of ketones is 1. The van der Waals surface area contributed by atoms with Gasteiger partial charge in [0.05, 0.1) is 16.6 Å². The summed E-state index contributed by atoms with van der Waals surface area (Å²) in [4.78, 5) is 25.7. The van der Waals surface area contributed by atoms with E-state index in [9.17, 15) is 18.4 Å². The smallest absolute Gasteiger partial charge is 0.231 e. The zero-order valence-corrected chi connectivity index (χ0v) is 21.3. The summed E-state index contributed by atoms with van der Waals surface area (Å²) in [5.74, 6) is -4.12. The molecule has 0 spiro atoms. The zero-order chi connectivity index (χ0) is 25.7. The fraction of sp³-hybridized carbons (Fsp3) is 0.167. The zero-order valence-electron chi connectivity index (χ0n) is 17.5. The number of halogens is 7. The van der Waals surface area contributed by atoms with Crippen molar-refractivity contribution in [1.82, 2.24) is 0 Å². The molecule has 1 fully saturated rings. The Kier molecular flexibility index (Phi) is 7.24. The van der Waals surface area contributed by atoms with E-state index < -0.39 is 45.9 Å². The number of nitrogen functional groups attached to an aromatic ring is 1. The number of hydrogen-bond acceptors (Lipinski definition) is 3. The van der Waals surface area contributed by atoms with Gasteiger partial charge in [-0.1, -0.05) is 34.8 Å². The van der Waals surface area contributed by atoms with Gasteiger partial charge in [-0.25, -0.2) is 8.78 Å². The Labute approximate surface area is 224 Å². The Morgan fingerprint density at radius 2 is 1.60 bits per heavy atom. The predicted octanol–water partition coefficient (Wildman–Crippen LogP) is 7.46. The quantitative estimate of drug-likeness (QED) is 0.181. The van der Waals surface area contributed by atoms with E-state index >= 15 is 0 Å². The summed E-state index contributed by atoms with van der Waals surface area (Å²) in [5, 5.41) is 3.49. The standard InChI is InChI=1S/C24H15Cl5F2N2O2/c25-12-3-11(4-13(26)7-12)21-22(24(21,28)29)23(35)33-14-1-2-16(27)15(8-14)20(34)6-10-5-18(31)19(32)9-17(10)30/h1-5,7-9,21-22H,6,32H2,(H,33,35)/t21-,22+/m0/s1. The minimum absolute atomic E-state index is 0.0121. The number of amides is 1. The van der Waals surface area contributed by atoms with Gasteiger partial charge < -0.3 is 11.1 Å². The van der Waals surface area contributed by atoms with Gasteiger partial charge in [-0.3, -0.25) is 9.59 Å². The number of nitrogens with one attached hydrogen (secondary N) is 1. The van der Waals surface area contributed by atoms with E-state index in [1.54, 1.807) is 18.2 Å². The molecule has 35 heavy (non-hydrogen) atoms. The molecule has 3 aromatic rings. The minimum Gasteiger partial charge on any atom is -0.396 e. The molecule has 0 aromatic heterocycles. The van der Waals surface area contributed by atoms with Gasteiger partial charge in [-0.2, -0.15) is 0 Å². The monoisotopic (exact) mass is 576 g/mol. The van der Waals surface area contributed by atoms with E-state index in [1.807, 2.05) is 0 Å². The Morgan fingerprint density at radius 1 is 0.943 bits per heavy atom. The van der Waals surface area contributed by atoms with Gasteiger partial charge in [0.25, 0.3) is 0 Å². The largest absolute Gasteiger partial charge is 0.396 e. The Hall–Kier alpha value is -2.09. The third kappa shape index (κ3) is 5.37. The topological polar surface area (TPSA) is 72.2 Å². The Bertz CT molecular complexity index is 1350. The van der Waals surface area contributed by atoms with Crippen LogP contribution >= 0.6 is 58.0 Å². The summed E-state index contributed by atoms with van der Waals surface area (Å²) in [6.07, 6.45) is -0.465. The molecule has 1 aliphatic carbocycles. The fourth-order valence-electron chi connectivity index (χ4n) is 3.87. The minimum atomic E-state index is -1.39. The van der Waals surface area contributed by atoms with Gasteiger partial charge >= 0.3 is 0 Å². The van der Waals surface area contributed by atoms with E-state index in [0.29, 0.717) is 15.6 Å². The maximum atomic E-state index is 14.1. The molecule has 4 nitrogen and oxygen atoms in total. The van der Waals surface area contributed by atoms with Crippen LogP contribution in [-0.2, 0) is 11.2 Å². The summed E-state index contributed by atoms with van der Waals surface area (Å²) >= 11 is 31.0. The van der Waals surface area contributed by atoms with Crippen LogP contribution < -0.4 is 11.1 Å². The number of hydrogen-bond donors (Lipinski definition) is 2. The Morgan fingerprint density at radius 3 is 2.26 bits per heavy atom.